The molecule has 1 fully saturated rings. The van der Waals surface area contributed by atoms with Gasteiger partial charge in [-0.1, -0.05) is 23.5 Å². The van der Waals surface area contributed by atoms with E-state index in [1.165, 1.54) is 10.3 Å². The standard InChI is InChI=1S/C18H21N5S/c1-12-5-4-6-15-16(12)21-18(24-15)23-9-7-22(8-10-23)17-19-13(2)11-14(3)20-17/h4-6,11H,7-10H2,1-3H3. The van der Waals surface area contributed by atoms with Gasteiger partial charge in [0, 0.05) is 37.6 Å². The Balaban J connectivity index is 1.52. The van der Waals surface area contributed by atoms with Crippen LogP contribution in [0.25, 0.3) is 10.2 Å². The molecule has 24 heavy (non-hydrogen) atoms. The Morgan fingerprint density at radius 2 is 1.54 bits per heavy atom. The summed E-state index contributed by atoms with van der Waals surface area (Å²) in [6.45, 7) is 9.94. The fourth-order valence-corrected chi connectivity index (χ4v) is 4.25. The molecule has 124 valence electrons. The highest BCUT2D eigenvalue weighted by Crippen LogP contribution is 2.31. The molecule has 0 spiro atoms. The third-order valence-corrected chi connectivity index (χ3v) is 5.49. The molecule has 0 saturated carbocycles. The van der Waals surface area contributed by atoms with Crippen molar-refractivity contribution in [2.45, 2.75) is 20.8 Å². The second kappa shape index (κ2) is 6.02. The molecule has 2 aromatic heterocycles. The van der Waals surface area contributed by atoms with E-state index in [9.17, 15) is 0 Å². The van der Waals surface area contributed by atoms with E-state index in [0.717, 1.165) is 54.2 Å². The van der Waals surface area contributed by atoms with Gasteiger partial charge in [-0.2, -0.15) is 0 Å². The van der Waals surface area contributed by atoms with Crippen molar-refractivity contribution in [3.05, 3.63) is 41.2 Å². The monoisotopic (exact) mass is 339 g/mol. The molecule has 3 aromatic rings. The summed E-state index contributed by atoms with van der Waals surface area (Å²) in [5, 5.41) is 1.13. The lowest BCUT2D eigenvalue weighted by molar-refractivity contribution is 0.637. The number of thiazole rings is 1. The molecular weight excluding hydrogens is 318 g/mol. The molecule has 0 N–H and O–H groups in total. The first-order valence-corrected chi connectivity index (χ1v) is 9.10. The van der Waals surface area contributed by atoms with Gasteiger partial charge in [-0.05, 0) is 38.5 Å². The maximum absolute atomic E-state index is 4.86. The molecule has 0 amide bonds. The summed E-state index contributed by atoms with van der Waals surface area (Å²) < 4.78 is 1.27. The van der Waals surface area contributed by atoms with Crippen LogP contribution >= 0.6 is 11.3 Å². The first-order chi connectivity index (χ1) is 11.6. The molecule has 0 aliphatic carbocycles. The van der Waals surface area contributed by atoms with Gasteiger partial charge in [0.05, 0.1) is 10.2 Å². The SMILES string of the molecule is Cc1cc(C)nc(N2CCN(c3nc4c(C)cccc4s3)CC2)n1. The van der Waals surface area contributed by atoms with Crippen molar-refractivity contribution < 1.29 is 0 Å². The third-order valence-electron chi connectivity index (χ3n) is 4.41. The minimum atomic E-state index is 0.854. The number of rotatable bonds is 2. The quantitative estimate of drug-likeness (QED) is 0.716. The van der Waals surface area contributed by atoms with Crippen LogP contribution in [0.15, 0.2) is 24.3 Å². The highest BCUT2D eigenvalue weighted by atomic mass is 32.1. The van der Waals surface area contributed by atoms with Gasteiger partial charge in [-0.15, -0.1) is 0 Å². The fourth-order valence-electron chi connectivity index (χ4n) is 3.16. The van der Waals surface area contributed by atoms with Gasteiger partial charge < -0.3 is 9.80 Å². The van der Waals surface area contributed by atoms with Crippen molar-refractivity contribution >= 4 is 32.6 Å². The summed E-state index contributed by atoms with van der Waals surface area (Å²) >= 11 is 1.78. The highest BCUT2D eigenvalue weighted by Gasteiger charge is 2.22. The molecule has 0 unspecified atom stereocenters. The number of fused-ring (bicyclic) bond motifs is 1. The molecule has 0 bridgehead atoms. The molecular formula is C18H21N5S. The molecule has 1 aromatic carbocycles. The Hall–Kier alpha value is -2.21. The average Bonchev–Trinajstić information content (AvgIpc) is 3.00. The molecule has 1 aliphatic heterocycles. The minimum Gasteiger partial charge on any atom is -0.345 e. The molecule has 5 nitrogen and oxygen atoms in total. The van der Waals surface area contributed by atoms with Crippen LogP contribution in [-0.2, 0) is 0 Å². The van der Waals surface area contributed by atoms with Gasteiger partial charge in [-0.25, -0.2) is 15.0 Å². The summed E-state index contributed by atoms with van der Waals surface area (Å²) in [4.78, 5) is 18.7. The molecule has 0 radical (unpaired) electrons. The fraction of sp³-hybridized carbons (Fsp3) is 0.389. The van der Waals surface area contributed by atoms with E-state index in [-0.39, 0.29) is 0 Å². The van der Waals surface area contributed by atoms with Crippen LogP contribution in [0.1, 0.15) is 17.0 Å². The lowest BCUT2D eigenvalue weighted by Crippen LogP contribution is -2.47. The zero-order valence-electron chi connectivity index (χ0n) is 14.3. The normalized spacial score (nSPS) is 15.3. The largest absolute Gasteiger partial charge is 0.345 e. The maximum Gasteiger partial charge on any atom is 0.225 e. The van der Waals surface area contributed by atoms with E-state index in [1.54, 1.807) is 11.3 Å². The minimum absolute atomic E-state index is 0.854. The number of nitrogens with zero attached hydrogens (tertiary/aromatic N) is 5. The van der Waals surface area contributed by atoms with Gasteiger partial charge in [0.1, 0.15) is 0 Å². The number of piperazine rings is 1. The van der Waals surface area contributed by atoms with Gasteiger partial charge in [0.15, 0.2) is 5.13 Å². The number of benzene rings is 1. The van der Waals surface area contributed by atoms with E-state index < -0.39 is 0 Å². The molecule has 1 aliphatic rings. The second-order valence-electron chi connectivity index (χ2n) is 6.34. The van der Waals surface area contributed by atoms with E-state index in [4.69, 9.17) is 4.98 Å². The molecule has 1 saturated heterocycles. The zero-order chi connectivity index (χ0) is 16.7. The van der Waals surface area contributed by atoms with Crippen molar-refractivity contribution in [2.24, 2.45) is 0 Å². The third kappa shape index (κ3) is 2.82. The molecule has 6 heteroatoms. The second-order valence-corrected chi connectivity index (χ2v) is 7.35. The highest BCUT2D eigenvalue weighted by molar-refractivity contribution is 7.22. The number of hydrogen-bond donors (Lipinski definition) is 0. The first-order valence-electron chi connectivity index (χ1n) is 8.28. The van der Waals surface area contributed by atoms with Crippen molar-refractivity contribution in [2.75, 3.05) is 36.0 Å². The van der Waals surface area contributed by atoms with E-state index in [0.29, 0.717) is 0 Å². The summed E-state index contributed by atoms with van der Waals surface area (Å²) in [6, 6.07) is 8.41. The number of para-hydroxylation sites is 1. The van der Waals surface area contributed by atoms with Crippen molar-refractivity contribution in [1.29, 1.82) is 0 Å². The Bertz CT molecular complexity index is 860. The van der Waals surface area contributed by atoms with Crippen LogP contribution in [-0.4, -0.2) is 41.1 Å². The number of aryl methyl sites for hydroxylation is 3. The topological polar surface area (TPSA) is 45.2 Å². The van der Waals surface area contributed by atoms with Crippen molar-refractivity contribution in [3.8, 4) is 0 Å². The average molecular weight is 339 g/mol. The Kier molecular flexibility index (Phi) is 3.84. The van der Waals surface area contributed by atoms with E-state index in [2.05, 4.69) is 44.9 Å². The van der Waals surface area contributed by atoms with Crippen molar-refractivity contribution in [1.82, 2.24) is 15.0 Å². The number of anilines is 2. The Morgan fingerprint density at radius 1 is 0.875 bits per heavy atom. The van der Waals surface area contributed by atoms with Crippen LogP contribution < -0.4 is 9.80 Å². The van der Waals surface area contributed by atoms with Gasteiger partial charge in [0.2, 0.25) is 5.95 Å². The summed E-state index contributed by atoms with van der Waals surface area (Å²) in [7, 11) is 0. The Morgan fingerprint density at radius 3 is 2.21 bits per heavy atom. The number of hydrogen-bond acceptors (Lipinski definition) is 6. The lowest BCUT2D eigenvalue weighted by Gasteiger charge is -2.34. The van der Waals surface area contributed by atoms with E-state index >= 15 is 0 Å². The van der Waals surface area contributed by atoms with Gasteiger partial charge in [-0.3, -0.25) is 0 Å². The van der Waals surface area contributed by atoms with Crippen LogP contribution in [0.2, 0.25) is 0 Å². The van der Waals surface area contributed by atoms with Gasteiger partial charge in [0.25, 0.3) is 0 Å². The van der Waals surface area contributed by atoms with Crippen LogP contribution in [0, 0.1) is 20.8 Å². The van der Waals surface area contributed by atoms with Crippen LogP contribution in [0.5, 0.6) is 0 Å². The smallest absolute Gasteiger partial charge is 0.225 e. The Labute approximate surface area is 146 Å². The summed E-state index contributed by atoms with van der Waals surface area (Å²) in [5.74, 6) is 0.854. The van der Waals surface area contributed by atoms with E-state index in [1.807, 2.05) is 19.9 Å². The predicted octanol–water partition coefficient (Wildman–Crippen LogP) is 3.34. The lowest BCUT2D eigenvalue weighted by atomic mass is 10.2. The van der Waals surface area contributed by atoms with Crippen molar-refractivity contribution in [3.63, 3.8) is 0 Å². The summed E-state index contributed by atoms with van der Waals surface area (Å²) in [5.41, 5.74) is 4.44. The van der Waals surface area contributed by atoms with Crippen LogP contribution in [0.3, 0.4) is 0 Å². The predicted molar refractivity (Wildman–Crippen MR) is 100 cm³/mol. The zero-order valence-corrected chi connectivity index (χ0v) is 15.1. The first kappa shape index (κ1) is 15.3. The molecule has 3 heterocycles. The van der Waals surface area contributed by atoms with Crippen LogP contribution in [0.4, 0.5) is 11.1 Å². The maximum atomic E-state index is 4.86. The molecule has 0 atom stereocenters. The van der Waals surface area contributed by atoms with Gasteiger partial charge >= 0.3 is 0 Å². The molecule has 4 rings (SSSR count). The summed E-state index contributed by atoms with van der Waals surface area (Å²) in [6.07, 6.45) is 0. The number of aromatic nitrogens is 3.